The second kappa shape index (κ2) is 11.0. The maximum Gasteiger partial charge on any atom is 0.267 e. The van der Waals surface area contributed by atoms with Gasteiger partial charge in [0, 0.05) is 18.2 Å². The smallest absolute Gasteiger partial charge is 0.267 e. The second-order valence-corrected chi connectivity index (χ2v) is 6.83. The topological polar surface area (TPSA) is 82.5 Å². The van der Waals surface area contributed by atoms with Crippen LogP contribution in [0.4, 0.5) is 0 Å². The monoisotopic (exact) mass is 421 g/mol. The van der Waals surface area contributed by atoms with Crippen LogP contribution in [0, 0.1) is 0 Å². The molecule has 3 aromatic rings. The van der Waals surface area contributed by atoms with Crippen LogP contribution < -0.4 is 20.3 Å². The summed E-state index contributed by atoms with van der Waals surface area (Å²) in [7, 11) is 0. The van der Waals surface area contributed by atoms with Crippen LogP contribution in [0.5, 0.6) is 11.5 Å². The lowest BCUT2D eigenvalue weighted by atomic mass is 10.1. The van der Waals surface area contributed by atoms with Gasteiger partial charge in [-0.15, -0.1) is 0 Å². The van der Waals surface area contributed by atoms with Crippen molar-refractivity contribution in [3.05, 3.63) is 76.6 Å². The normalized spacial score (nSPS) is 10.5. The molecule has 0 atom stereocenters. The lowest BCUT2D eigenvalue weighted by molar-refractivity contribution is -0.121. The van der Waals surface area contributed by atoms with Gasteiger partial charge in [-0.25, -0.2) is 4.68 Å². The number of carbonyl (C=O) groups is 1. The summed E-state index contributed by atoms with van der Waals surface area (Å²) in [5, 5.41) is 7.17. The van der Waals surface area contributed by atoms with E-state index in [0.29, 0.717) is 43.4 Å². The van der Waals surface area contributed by atoms with Crippen molar-refractivity contribution >= 4 is 5.91 Å². The molecular weight excluding hydrogens is 394 g/mol. The fourth-order valence-electron chi connectivity index (χ4n) is 3.11. The lowest BCUT2D eigenvalue weighted by Crippen LogP contribution is -2.34. The van der Waals surface area contributed by atoms with E-state index in [-0.39, 0.29) is 18.0 Å². The van der Waals surface area contributed by atoms with Crippen LogP contribution in [0.1, 0.15) is 19.4 Å². The molecule has 0 aliphatic rings. The van der Waals surface area contributed by atoms with Crippen molar-refractivity contribution in [1.82, 2.24) is 15.1 Å². The Balaban J connectivity index is 1.58. The molecule has 0 saturated carbocycles. The summed E-state index contributed by atoms with van der Waals surface area (Å²) in [6, 6.07) is 18.4. The highest BCUT2D eigenvalue weighted by atomic mass is 16.5. The number of ether oxygens (including phenoxy) is 2. The third-order valence-electron chi connectivity index (χ3n) is 4.57. The molecule has 7 heteroatoms. The van der Waals surface area contributed by atoms with Gasteiger partial charge in [-0.1, -0.05) is 36.4 Å². The fourth-order valence-corrected chi connectivity index (χ4v) is 3.11. The summed E-state index contributed by atoms with van der Waals surface area (Å²) >= 11 is 0. The standard InChI is InChI=1S/C24H27N3O4/c1-3-30-21-12-10-18(16-22(21)31-4-2)14-15-25-23(28)17-27-24(29)13-11-20(26-27)19-8-6-5-7-9-19/h5-13,16H,3-4,14-15,17H2,1-2H3,(H,25,28). The lowest BCUT2D eigenvalue weighted by Gasteiger charge is -2.13. The Labute approximate surface area is 181 Å². The Hall–Kier alpha value is -3.61. The van der Waals surface area contributed by atoms with Crippen molar-refractivity contribution in [2.75, 3.05) is 19.8 Å². The molecule has 3 rings (SSSR count). The molecule has 0 unspecified atom stereocenters. The van der Waals surface area contributed by atoms with Crippen LogP contribution in [0.25, 0.3) is 11.3 Å². The highest BCUT2D eigenvalue weighted by Gasteiger charge is 2.09. The van der Waals surface area contributed by atoms with Gasteiger partial charge in [0.05, 0.1) is 18.9 Å². The first kappa shape index (κ1) is 22.1. The van der Waals surface area contributed by atoms with E-state index in [1.165, 1.54) is 10.7 Å². The first-order chi connectivity index (χ1) is 15.1. The number of hydrogen-bond donors (Lipinski definition) is 1. The van der Waals surface area contributed by atoms with E-state index in [9.17, 15) is 9.59 Å². The van der Waals surface area contributed by atoms with Crippen LogP contribution in [-0.4, -0.2) is 35.4 Å². The van der Waals surface area contributed by atoms with Crippen molar-refractivity contribution in [3.63, 3.8) is 0 Å². The van der Waals surface area contributed by atoms with Crippen LogP contribution in [0.15, 0.2) is 65.5 Å². The Bertz CT molecular complexity index is 1060. The number of hydrogen-bond acceptors (Lipinski definition) is 5. The quantitative estimate of drug-likeness (QED) is 0.544. The molecule has 0 spiro atoms. The van der Waals surface area contributed by atoms with Crippen LogP contribution in [-0.2, 0) is 17.8 Å². The molecule has 0 bridgehead atoms. The van der Waals surface area contributed by atoms with E-state index < -0.39 is 0 Å². The zero-order valence-electron chi connectivity index (χ0n) is 17.8. The summed E-state index contributed by atoms with van der Waals surface area (Å²) in [6.45, 7) is 5.26. The number of nitrogens with zero attached hydrogens (tertiary/aromatic N) is 2. The van der Waals surface area contributed by atoms with E-state index in [2.05, 4.69) is 10.4 Å². The third kappa shape index (κ3) is 6.18. The molecule has 162 valence electrons. The van der Waals surface area contributed by atoms with Gasteiger partial charge in [-0.05, 0) is 44.0 Å². The molecule has 1 amide bonds. The fraction of sp³-hybridized carbons (Fsp3) is 0.292. The van der Waals surface area contributed by atoms with Crippen LogP contribution in [0.3, 0.4) is 0 Å². The molecule has 31 heavy (non-hydrogen) atoms. The third-order valence-corrected chi connectivity index (χ3v) is 4.57. The molecular formula is C24H27N3O4. The SMILES string of the molecule is CCOc1ccc(CCNC(=O)Cn2nc(-c3ccccc3)ccc2=O)cc1OCC. The Morgan fingerprint density at radius 2 is 1.71 bits per heavy atom. The van der Waals surface area contributed by atoms with Crippen molar-refractivity contribution in [1.29, 1.82) is 0 Å². The minimum atomic E-state index is -0.317. The molecule has 1 aromatic heterocycles. The van der Waals surface area contributed by atoms with Crippen molar-refractivity contribution in [2.45, 2.75) is 26.8 Å². The summed E-state index contributed by atoms with van der Waals surface area (Å²) < 4.78 is 12.4. The minimum Gasteiger partial charge on any atom is -0.490 e. The van der Waals surface area contributed by atoms with E-state index >= 15 is 0 Å². The van der Waals surface area contributed by atoms with E-state index in [1.54, 1.807) is 6.07 Å². The summed E-state index contributed by atoms with van der Waals surface area (Å²) in [5.74, 6) is 1.14. The number of rotatable bonds is 10. The van der Waals surface area contributed by atoms with E-state index in [0.717, 1.165) is 11.1 Å². The van der Waals surface area contributed by atoms with Crippen LogP contribution >= 0.6 is 0 Å². The summed E-state index contributed by atoms with van der Waals surface area (Å²) in [5.41, 5.74) is 2.24. The van der Waals surface area contributed by atoms with Crippen molar-refractivity contribution < 1.29 is 14.3 Å². The van der Waals surface area contributed by atoms with Crippen LogP contribution in [0.2, 0.25) is 0 Å². The summed E-state index contributed by atoms with van der Waals surface area (Å²) in [4.78, 5) is 24.5. The summed E-state index contributed by atoms with van der Waals surface area (Å²) in [6.07, 6.45) is 0.630. The second-order valence-electron chi connectivity index (χ2n) is 6.83. The Morgan fingerprint density at radius 1 is 0.968 bits per heavy atom. The Morgan fingerprint density at radius 3 is 2.45 bits per heavy atom. The number of benzene rings is 2. The van der Waals surface area contributed by atoms with Gasteiger partial charge >= 0.3 is 0 Å². The molecule has 2 aromatic carbocycles. The maximum atomic E-state index is 12.4. The van der Waals surface area contributed by atoms with Gasteiger partial charge in [0.15, 0.2) is 11.5 Å². The predicted molar refractivity (Wildman–Crippen MR) is 119 cm³/mol. The molecule has 0 radical (unpaired) electrons. The van der Waals surface area contributed by atoms with E-state index in [1.807, 2.05) is 62.4 Å². The molecule has 0 saturated heterocycles. The largest absolute Gasteiger partial charge is 0.490 e. The number of carbonyl (C=O) groups excluding carboxylic acids is 1. The van der Waals surface area contributed by atoms with Gasteiger partial charge in [0.25, 0.3) is 5.56 Å². The number of nitrogens with one attached hydrogen (secondary N) is 1. The van der Waals surface area contributed by atoms with E-state index in [4.69, 9.17) is 9.47 Å². The highest BCUT2D eigenvalue weighted by molar-refractivity contribution is 5.75. The number of aromatic nitrogens is 2. The zero-order valence-corrected chi connectivity index (χ0v) is 17.8. The molecule has 1 N–H and O–H groups in total. The number of amides is 1. The zero-order chi connectivity index (χ0) is 22.1. The average molecular weight is 421 g/mol. The van der Waals surface area contributed by atoms with Gasteiger partial charge < -0.3 is 14.8 Å². The predicted octanol–water partition coefficient (Wildman–Crippen LogP) is 3.07. The first-order valence-electron chi connectivity index (χ1n) is 10.4. The van der Waals surface area contributed by atoms with Crippen molar-refractivity contribution in [2.24, 2.45) is 0 Å². The molecule has 0 aliphatic carbocycles. The minimum absolute atomic E-state index is 0.132. The molecule has 7 nitrogen and oxygen atoms in total. The molecule has 0 aliphatic heterocycles. The van der Waals surface area contributed by atoms with Gasteiger partial charge in [-0.3, -0.25) is 9.59 Å². The average Bonchev–Trinajstić information content (AvgIpc) is 2.78. The highest BCUT2D eigenvalue weighted by Crippen LogP contribution is 2.28. The van der Waals surface area contributed by atoms with Gasteiger partial charge in [0.2, 0.25) is 5.91 Å². The maximum absolute atomic E-state index is 12.4. The van der Waals surface area contributed by atoms with Gasteiger partial charge in [0.1, 0.15) is 6.54 Å². The Kier molecular flexibility index (Phi) is 7.81. The van der Waals surface area contributed by atoms with Gasteiger partial charge in [-0.2, -0.15) is 5.10 Å². The molecule has 0 fully saturated rings. The molecule has 1 heterocycles. The first-order valence-corrected chi connectivity index (χ1v) is 10.4. The van der Waals surface area contributed by atoms with Crippen molar-refractivity contribution in [3.8, 4) is 22.8 Å².